The molecule has 26 heavy (non-hydrogen) atoms. The van der Waals surface area contributed by atoms with Gasteiger partial charge in [-0.3, -0.25) is 9.59 Å². The van der Waals surface area contributed by atoms with Gasteiger partial charge < -0.3 is 14.6 Å². The van der Waals surface area contributed by atoms with Gasteiger partial charge in [0.25, 0.3) is 0 Å². The lowest BCUT2D eigenvalue weighted by atomic mass is 9.99. The number of aromatic hydroxyl groups is 1. The second-order valence-electron chi connectivity index (χ2n) is 5.97. The normalized spacial score (nSPS) is 10.7. The van der Waals surface area contributed by atoms with E-state index in [9.17, 15) is 14.7 Å². The van der Waals surface area contributed by atoms with Gasteiger partial charge in [0.1, 0.15) is 11.5 Å². The second kappa shape index (κ2) is 8.68. The maximum atomic E-state index is 11.4. The van der Waals surface area contributed by atoms with Crippen LogP contribution >= 0.6 is 31.9 Å². The largest absolute Gasteiger partial charge is 0.507 e. The molecule has 0 unspecified atom stereocenters. The van der Waals surface area contributed by atoms with Crippen LogP contribution in [0.4, 0.5) is 0 Å². The van der Waals surface area contributed by atoms with Gasteiger partial charge in [-0.05, 0) is 67.6 Å². The van der Waals surface area contributed by atoms with Crippen molar-refractivity contribution in [1.82, 2.24) is 0 Å². The summed E-state index contributed by atoms with van der Waals surface area (Å²) in [6, 6.07) is 6.71. The van der Waals surface area contributed by atoms with Crippen LogP contribution in [0.2, 0.25) is 0 Å². The van der Waals surface area contributed by atoms with Crippen molar-refractivity contribution in [2.75, 3.05) is 7.11 Å². The fourth-order valence-corrected chi connectivity index (χ4v) is 3.85. The smallest absolute Gasteiger partial charge is 0.309 e. The van der Waals surface area contributed by atoms with Gasteiger partial charge in [0.15, 0.2) is 12.0 Å². The zero-order valence-corrected chi connectivity index (χ0v) is 17.7. The van der Waals surface area contributed by atoms with Gasteiger partial charge in [-0.2, -0.15) is 0 Å². The molecule has 0 amide bonds. The van der Waals surface area contributed by atoms with Crippen molar-refractivity contribution in [3.63, 3.8) is 0 Å². The summed E-state index contributed by atoms with van der Waals surface area (Å²) >= 11 is 6.88. The van der Waals surface area contributed by atoms with Gasteiger partial charge in [0, 0.05) is 5.56 Å². The fraction of sp³-hybridized carbons (Fsp3) is 0.263. The first-order chi connectivity index (χ1) is 12.3. The van der Waals surface area contributed by atoms with Crippen LogP contribution in [-0.4, -0.2) is 24.5 Å². The van der Waals surface area contributed by atoms with Gasteiger partial charge >= 0.3 is 5.97 Å². The zero-order chi connectivity index (χ0) is 19.4. The molecule has 0 aliphatic carbocycles. The number of hydrogen-bond acceptors (Lipinski definition) is 5. The highest BCUT2D eigenvalue weighted by Gasteiger charge is 2.16. The highest BCUT2D eigenvalue weighted by molar-refractivity contribution is 9.11. The van der Waals surface area contributed by atoms with Crippen LogP contribution in [0.15, 0.2) is 33.2 Å². The quantitative estimate of drug-likeness (QED) is 0.440. The highest BCUT2D eigenvalue weighted by Crippen LogP contribution is 2.40. The van der Waals surface area contributed by atoms with E-state index in [1.165, 1.54) is 13.2 Å². The van der Waals surface area contributed by atoms with E-state index in [0.717, 1.165) is 5.56 Å². The van der Waals surface area contributed by atoms with Crippen LogP contribution in [0.1, 0.15) is 41.3 Å². The Morgan fingerprint density at radius 3 is 2.31 bits per heavy atom. The second-order valence-corrected chi connectivity index (χ2v) is 7.68. The third-order valence-corrected chi connectivity index (χ3v) is 4.92. The number of esters is 1. The number of carbonyl (C=O) groups excluding carboxylic acids is 2. The lowest BCUT2D eigenvalue weighted by Gasteiger charge is -2.16. The summed E-state index contributed by atoms with van der Waals surface area (Å²) in [5, 5.41) is 10.2. The molecule has 0 heterocycles. The topological polar surface area (TPSA) is 72.8 Å². The van der Waals surface area contributed by atoms with Gasteiger partial charge in [0.05, 0.1) is 28.0 Å². The van der Waals surface area contributed by atoms with Crippen LogP contribution in [0.5, 0.6) is 17.2 Å². The molecule has 5 nitrogen and oxygen atoms in total. The molecule has 0 aliphatic heterocycles. The SMILES string of the molecule is COC(=O)Cc1cc(Br)c(Oc2cc(C=O)c(O)c(C(C)C)c2)c(Br)c1. The first kappa shape index (κ1) is 20.5. The molecule has 0 fully saturated rings. The molecule has 138 valence electrons. The van der Waals surface area contributed by atoms with Crippen molar-refractivity contribution < 1.29 is 24.2 Å². The Bertz CT molecular complexity index is 823. The van der Waals surface area contributed by atoms with Crippen molar-refractivity contribution in [1.29, 1.82) is 0 Å². The summed E-state index contributed by atoms with van der Waals surface area (Å²) in [5.41, 5.74) is 1.55. The van der Waals surface area contributed by atoms with E-state index in [4.69, 9.17) is 4.74 Å². The third kappa shape index (κ3) is 4.65. The Labute approximate surface area is 168 Å². The Balaban J connectivity index is 2.41. The molecule has 0 aromatic heterocycles. The molecule has 2 rings (SSSR count). The number of carbonyl (C=O) groups is 2. The van der Waals surface area contributed by atoms with Crippen LogP contribution in [0.25, 0.3) is 0 Å². The van der Waals surface area contributed by atoms with E-state index in [-0.39, 0.29) is 29.6 Å². The Kier molecular flexibility index (Phi) is 6.83. The number of hydrogen-bond donors (Lipinski definition) is 1. The molecular formula is C19H18Br2O5. The molecule has 0 aliphatic rings. The molecule has 0 bridgehead atoms. The van der Waals surface area contributed by atoms with Crippen molar-refractivity contribution in [3.8, 4) is 17.2 Å². The van der Waals surface area contributed by atoms with E-state index in [1.807, 2.05) is 13.8 Å². The molecule has 7 heteroatoms. The van der Waals surface area contributed by atoms with Crippen molar-refractivity contribution in [3.05, 3.63) is 49.9 Å². The maximum Gasteiger partial charge on any atom is 0.309 e. The number of methoxy groups -OCH3 is 1. The van der Waals surface area contributed by atoms with Crippen LogP contribution in [0, 0.1) is 0 Å². The number of aldehydes is 1. The van der Waals surface area contributed by atoms with E-state index in [0.29, 0.717) is 32.3 Å². The molecule has 0 saturated carbocycles. The standard InChI is InChI=1S/C19H18Br2O5/c1-10(2)14-8-13(7-12(9-22)18(14)24)26-19-15(20)4-11(5-16(19)21)6-17(23)25-3/h4-5,7-10,24H,6H2,1-3H3. The highest BCUT2D eigenvalue weighted by atomic mass is 79.9. The molecule has 0 saturated heterocycles. The minimum atomic E-state index is -0.340. The van der Waals surface area contributed by atoms with Crippen molar-refractivity contribution >= 4 is 44.1 Å². The molecular weight excluding hydrogens is 468 g/mol. The summed E-state index contributed by atoms with van der Waals surface area (Å²) in [5.74, 6) is 0.570. The van der Waals surface area contributed by atoms with E-state index in [2.05, 4.69) is 36.6 Å². The van der Waals surface area contributed by atoms with E-state index >= 15 is 0 Å². The number of halogens is 2. The number of rotatable bonds is 6. The molecule has 0 atom stereocenters. The van der Waals surface area contributed by atoms with Crippen LogP contribution in [0.3, 0.4) is 0 Å². The van der Waals surface area contributed by atoms with E-state index < -0.39 is 0 Å². The Hall–Kier alpha value is -1.86. The average Bonchev–Trinajstić information content (AvgIpc) is 2.58. The van der Waals surface area contributed by atoms with Crippen molar-refractivity contribution in [2.24, 2.45) is 0 Å². The van der Waals surface area contributed by atoms with Gasteiger partial charge in [0.2, 0.25) is 0 Å². The molecule has 0 radical (unpaired) electrons. The average molecular weight is 486 g/mol. The summed E-state index contributed by atoms with van der Waals surface area (Å²) in [6.07, 6.45) is 0.734. The molecule has 1 N–H and O–H groups in total. The van der Waals surface area contributed by atoms with E-state index in [1.54, 1.807) is 18.2 Å². The van der Waals surface area contributed by atoms with Crippen LogP contribution < -0.4 is 4.74 Å². The monoisotopic (exact) mass is 484 g/mol. The predicted molar refractivity (Wildman–Crippen MR) is 105 cm³/mol. The van der Waals surface area contributed by atoms with Gasteiger partial charge in [-0.25, -0.2) is 0 Å². The lowest BCUT2D eigenvalue weighted by molar-refractivity contribution is -0.139. The summed E-state index contributed by atoms with van der Waals surface area (Å²) in [4.78, 5) is 22.7. The Morgan fingerprint density at radius 2 is 1.81 bits per heavy atom. The number of phenols is 1. The summed E-state index contributed by atoms with van der Waals surface area (Å²) in [7, 11) is 1.34. The minimum Gasteiger partial charge on any atom is -0.507 e. The van der Waals surface area contributed by atoms with Gasteiger partial charge in [-0.15, -0.1) is 0 Å². The summed E-state index contributed by atoms with van der Waals surface area (Å²) in [6.45, 7) is 3.84. The number of ether oxygens (including phenoxy) is 2. The third-order valence-electron chi connectivity index (χ3n) is 3.75. The first-order valence-electron chi connectivity index (χ1n) is 7.81. The van der Waals surface area contributed by atoms with Gasteiger partial charge in [-0.1, -0.05) is 13.8 Å². The minimum absolute atomic E-state index is 0.0200. The number of benzene rings is 2. The molecule has 0 spiro atoms. The molecule has 2 aromatic rings. The first-order valence-corrected chi connectivity index (χ1v) is 9.40. The zero-order valence-electron chi connectivity index (χ0n) is 14.5. The summed E-state index contributed by atoms with van der Waals surface area (Å²) < 4.78 is 11.9. The molecule has 2 aromatic carbocycles. The lowest BCUT2D eigenvalue weighted by Crippen LogP contribution is -2.04. The number of phenolic OH excluding ortho intramolecular Hbond substituents is 1. The van der Waals surface area contributed by atoms with Crippen LogP contribution in [-0.2, 0) is 16.0 Å². The van der Waals surface area contributed by atoms with Crippen molar-refractivity contribution in [2.45, 2.75) is 26.2 Å². The Morgan fingerprint density at radius 1 is 1.19 bits per heavy atom. The predicted octanol–water partition coefficient (Wildman–Crippen LogP) is 5.36. The maximum absolute atomic E-state index is 11.4. The fourth-order valence-electron chi connectivity index (χ4n) is 2.41.